The van der Waals surface area contributed by atoms with E-state index in [0.717, 1.165) is 13.8 Å². The van der Waals surface area contributed by atoms with Crippen LogP contribution in [-0.4, -0.2) is 41.1 Å². The maximum atomic E-state index is 12.2. The van der Waals surface area contributed by atoms with Crippen molar-refractivity contribution in [2.75, 3.05) is 5.32 Å². The highest BCUT2D eigenvalue weighted by Gasteiger charge is 2.39. The van der Waals surface area contributed by atoms with E-state index in [1.807, 2.05) is 6.07 Å². The SMILES string of the molecule is CC(=O)O[C@@H](C(=O)O)[C@@H](OC(C)=O)C(=O)Nc1ccc(C#N)cc1. The van der Waals surface area contributed by atoms with Crippen LogP contribution in [0, 0.1) is 11.3 Å². The molecule has 0 spiro atoms. The Kier molecular flexibility index (Phi) is 6.43. The van der Waals surface area contributed by atoms with Gasteiger partial charge in [-0.1, -0.05) is 0 Å². The highest BCUT2D eigenvalue weighted by molar-refractivity contribution is 5.99. The number of nitrogens with zero attached hydrogens (tertiary/aromatic N) is 1. The van der Waals surface area contributed by atoms with Crippen LogP contribution in [0.1, 0.15) is 19.4 Å². The van der Waals surface area contributed by atoms with Gasteiger partial charge in [0.2, 0.25) is 12.2 Å². The van der Waals surface area contributed by atoms with E-state index in [0.29, 0.717) is 5.56 Å². The van der Waals surface area contributed by atoms with Gasteiger partial charge in [-0.05, 0) is 24.3 Å². The summed E-state index contributed by atoms with van der Waals surface area (Å²) in [6.45, 7) is 1.94. The molecule has 0 aromatic heterocycles. The van der Waals surface area contributed by atoms with Crippen molar-refractivity contribution in [1.82, 2.24) is 0 Å². The lowest BCUT2D eigenvalue weighted by atomic mass is 10.1. The van der Waals surface area contributed by atoms with E-state index in [-0.39, 0.29) is 5.69 Å². The number of benzene rings is 1. The first-order chi connectivity index (χ1) is 11.2. The molecule has 1 rings (SSSR count). The average Bonchev–Trinajstić information content (AvgIpc) is 2.50. The van der Waals surface area contributed by atoms with Gasteiger partial charge in [0.05, 0.1) is 11.6 Å². The number of anilines is 1. The Morgan fingerprint density at radius 3 is 1.96 bits per heavy atom. The summed E-state index contributed by atoms with van der Waals surface area (Å²) in [5, 5.41) is 20.1. The smallest absolute Gasteiger partial charge is 0.349 e. The van der Waals surface area contributed by atoms with E-state index in [1.54, 1.807) is 0 Å². The third kappa shape index (κ3) is 5.42. The number of carbonyl (C=O) groups is 4. The molecule has 0 aliphatic carbocycles. The predicted molar refractivity (Wildman–Crippen MR) is 78.5 cm³/mol. The summed E-state index contributed by atoms with van der Waals surface area (Å²) in [6, 6.07) is 7.56. The summed E-state index contributed by atoms with van der Waals surface area (Å²) >= 11 is 0. The molecule has 126 valence electrons. The molecule has 0 unspecified atom stereocenters. The summed E-state index contributed by atoms with van der Waals surface area (Å²) in [7, 11) is 0. The third-order valence-electron chi connectivity index (χ3n) is 2.64. The van der Waals surface area contributed by atoms with Gasteiger partial charge in [0.15, 0.2) is 0 Å². The summed E-state index contributed by atoms with van der Waals surface area (Å²) in [5.41, 5.74) is 0.593. The van der Waals surface area contributed by atoms with Crippen LogP contribution in [0.4, 0.5) is 5.69 Å². The summed E-state index contributed by atoms with van der Waals surface area (Å²) in [4.78, 5) is 45.6. The molecule has 9 nitrogen and oxygen atoms in total. The fraction of sp³-hybridized carbons (Fsp3) is 0.267. The van der Waals surface area contributed by atoms with E-state index >= 15 is 0 Å². The molecule has 9 heteroatoms. The van der Waals surface area contributed by atoms with Gasteiger partial charge in [0, 0.05) is 19.5 Å². The van der Waals surface area contributed by atoms with Crippen LogP contribution in [0.15, 0.2) is 24.3 Å². The average molecular weight is 334 g/mol. The second-order valence-corrected chi connectivity index (χ2v) is 4.58. The Hall–Kier alpha value is -3.41. The first-order valence-electron chi connectivity index (χ1n) is 6.63. The second-order valence-electron chi connectivity index (χ2n) is 4.58. The van der Waals surface area contributed by atoms with Crippen LogP contribution in [0.25, 0.3) is 0 Å². The Morgan fingerprint density at radius 1 is 1.04 bits per heavy atom. The zero-order valence-electron chi connectivity index (χ0n) is 12.8. The lowest BCUT2D eigenvalue weighted by molar-refractivity contribution is -0.179. The molecule has 1 aromatic rings. The molecule has 0 heterocycles. The van der Waals surface area contributed by atoms with Crippen LogP contribution in [0.5, 0.6) is 0 Å². The van der Waals surface area contributed by atoms with E-state index in [1.165, 1.54) is 24.3 Å². The molecule has 0 aliphatic heterocycles. The second kappa shape index (κ2) is 8.28. The lowest BCUT2D eigenvalue weighted by Crippen LogP contribution is -2.47. The molecule has 0 radical (unpaired) electrons. The summed E-state index contributed by atoms with van der Waals surface area (Å²) < 4.78 is 9.24. The number of esters is 2. The molecule has 2 N–H and O–H groups in total. The van der Waals surface area contributed by atoms with Crippen molar-refractivity contribution in [3.63, 3.8) is 0 Å². The first-order valence-corrected chi connectivity index (χ1v) is 6.63. The third-order valence-corrected chi connectivity index (χ3v) is 2.64. The molecule has 0 fully saturated rings. The highest BCUT2D eigenvalue weighted by Crippen LogP contribution is 2.13. The highest BCUT2D eigenvalue weighted by atomic mass is 16.6. The van der Waals surface area contributed by atoms with Crippen molar-refractivity contribution in [2.45, 2.75) is 26.1 Å². The molecule has 0 bridgehead atoms. The zero-order chi connectivity index (χ0) is 18.3. The van der Waals surface area contributed by atoms with Gasteiger partial charge in [-0.15, -0.1) is 0 Å². The number of ether oxygens (including phenoxy) is 2. The number of carboxylic acids is 1. The molecule has 0 aliphatic rings. The molecule has 24 heavy (non-hydrogen) atoms. The maximum absolute atomic E-state index is 12.2. The van der Waals surface area contributed by atoms with Crippen LogP contribution in [0.3, 0.4) is 0 Å². The number of aliphatic carboxylic acids is 1. The number of hydrogen-bond donors (Lipinski definition) is 2. The van der Waals surface area contributed by atoms with E-state index in [9.17, 15) is 19.2 Å². The van der Waals surface area contributed by atoms with Crippen molar-refractivity contribution in [3.8, 4) is 6.07 Å². The van der Waals surface area contributed by atoms with Crippen LogP contribution >= 0.6 is 0 Å². The van der Waals surface area contributed by atoms with Crippen molar-refractivity contribution in [1.29, 1.82) is 5.26 Å². The van der Waals surface area contributed by atoms with Crippen LogP contribution in [-0.2, 0) is 28.7 Å². The molecule has 0 saturated carbocycles. The molecular weight excluding hydrogens is 320 g/mol. The van der Waals surface area contributed by atoms with E-state index in [2.05, 4.69) is 10.1 Å². The minimum Gasteiger partial charge on any atom is -0.478 e. The number of carboxylic acid groups (broad SMARTS) is 1. The standard InChI is InChI=1S/C15H14N2O7/c1-8(18)23-12(13(15(21)22)24-9(2)19)14(20)17-11-5-3-10(7-16)4-6-11/h3-6,12-13H,1-2H3,(H,17,20)(H,21,22)/t12-,13-/m1/s1. The van der Waals surface area contributed by atoms with Gasteiger partial charge in [0.1, 0.15) is 0 Å². The van der Waals surface area contributed by atoms with E-state index < -0.39 is 36.0 Å². The number of hydrogen-bond acceptors (Lipinski definition) is 7. The Bertz CT molecular complexity index is 691. The minimum absolute atomic E-state index is 0.239. The molecule has 0 saturated heterocycles. The Balaban J connectivity index is 3.01. The topological polar surface area (TPSA) is 143 Å². The fourth-order valence-corrected chi connectivity index (χ4v) is 1.69. The summed E-state index contributed by atoms with van der Waals surface area (Å²) in [6.07, 6.45) is -3.87. The monoisotopic (exact) mass is 334 g/mol. The predicted octanol–water partition coefficient (Wildman–Crippen LogP) is 0.445. The number of nitrogens with one attached hydrogen (secondary N) is 1. The number of nitriles is 1. The van der Waals surface area contributed by atoms with Gasteiger partial charge in [0.25, 0.3) is 5.91 Å². The normalized spacial score (nSPS) is 12.2. The van der Waals surface area contributed by atoms with Gasteiger partial charge in [-0.2, -0.15) is 5.26 Å². The van der Waals surface area contributed by atoms with Crippen molar-refractivity contribution in [2.24, 2.45) is 0 Å². The molecular formula is C15H14N2O7. The van der Waals surface area contributed by atoms with Gasteiger partial charge >= 0.3 is 17.9 Å². The van der Waals surface area contributed by atoms with Gasteiger partial charge in [-0.3, -0.25) is 14.4 Å². The minimum atomic E-state index is -2.00. The maximum Gasteiger partial charge on any atom is 0.349 e. The summed E-state index contributed by atoms with van der Waals surface area (Å²) in [5.74, 6) is -4.52. The van der Waals surface area contributed by atoms with Crippen LogP contribution in [0.2, 0.25) is 0 Å². The number of carbonyl (C=O) groups excluding carboxylic acids is 3. The Morgan fingerprint density at radius 2 is 1.54 bits per heavy atom. The quantitative estimate of drug-likeness (QED) is 0.714. The van der Waals surface area contributed by atoms with Gasteiger partial charge < -0.3 is 19.9 Å². The van der Waals surface area contributed by atoms with Crippen LogP contribution < -0.4 is 5.32 Å². The lowest BCUT2D eigenvalue weighted by Gasteiger charge is -2.22. The number of rotatable bonds is 6. The number of amides is 1. The van der Waals surface area contributed by atoms with Crippen molar-refractivity contribution in [3.05, 3.63) is 29.8 Å². The van der Waals surface area contributed by atoms with Crippen molar-refractivity contribution < 1.29 is 33.8 Å². The Labute approximate surface area is 136 Å². The molecule has 1 amide bonds. The largest absolute Gasteiger partial charge is 0.478 e. The fourth-order valence-electron chi connectivity index (χ4n) is 1.69. The molecule has 1 aromatic carbocycles. The molecule has 2 atom stereocenters. The van der Waals surface area contributed by atoms with Crippen molar-refractivity contribution >= 4 is 29.5 Å². The zero-order valence-corrected chi connectivity index (χ0v) is 12.8. The van der Waals surface area contributed by atoms with Gasteiger partial charge in [-0.25, -0.2) is 4.79 Å². The van der Waals surface area contributed by atoms with E-state index in [4.69, 9.17) is 15.1 Å². The first kappa shape index (κ1) is 18.6.